The average Bonchev–Trinajstić information content (AvgIpc) is 3.29. The number of anilines is 1. The Morgan fingerprint density at radius 3 is 2.83 bits per heavy atom. The lowest BCUT2D eigenvalue weighted by Gasteiger charge is -2.25. The van der Waals surface area contributed by atoms with Crippen LogP contribution < -0.4 is 10.1 Å². The second-order valence-electron chi connectivity index (χ2n) is 7.00. The molecule has 1 N–H and O–H groups in total. The van der Waals surface area contributed by atoms with E-state index in [1.165, 1.54) is 0 Å². The quantitative estimate of drug-likeness (QED) is 0.537. The van der Waals surface area contributed by atoms with Crippen molar-refractivity contribution in [2.75, 3.05) is 11.9 Å². The lowest BCUT2D eigenvalue weighted by Crippen LogP contribution is -2.25. The van der Waals surface area contributed by atoms with Crippen molar-refractivity contribution in [3.05, 3.63) is 65.4 Å². The van der Waals surface area contributed by atoms with Gasteiger partial charge in [-0.15, -0.1) is 0 Å². The summed E-state index contributed by atoms with van der Waals surface area (Å²) >= 11 is 1.56. The monoisotopic (exact) mass is 404 g/mol. The first-order chi connectivity index (χ1) is 14.2. The first-order valence-electron chi connectivity index (χ1n) is 9.62. The summed E-state index contributed by atoms with van der Waals surface area (Å²) in [5, 5.41) is 8.53. The maximum atomic E-state index is 12.6. The van der Waals surface area contributed by atoms with E-state index in [1.54, 1.807) is 16.0 Å². The van der Waals surface area contributed by atoms with Crippen LogP contribution in [0.2, 0.25) is 0 Å². The Morgan fingerprint density at radius 2 is 2.00 bits per heavy atom. The molecule has 0 saturated heterocycles. The van der Waals surface area contributed by atoms with E-state index < -0.39 is 0 Å². The number of hydrogen-bond acceptors (Lipinski definition) is 5. The molecule has 1 aliphatic rings. The smallest absolute Gasteiger partial charge is 0.226 e. The van der Waals surface area contributed by atoms with Crippen LogP contribution in [0.15, 0.2) is 48.5 Å². The van der Waals surface area contributed by atoms with Crippen LogP contribution in [0.5, 0.6) is 5.75 Å². The highest BCUT2D eigenvalue weighted by molar-refractivity contribution is 7.20. The Hall–Kier alpha value is -3.19. The molecule has 0 unspecified atom stereocenters. The van der Waals surface area contributed by atoms with Crippen molar-refractivity contribution < 1.29 is 9.53 Å². The van der Waals surface area contributed by atoms with Crippen LogP contribution in [0, 0.1) is 6.92 Å². The number of aryl methyl sites for hydroxylation is 1. The molecule has 4 aromatic rings. The van der Waals surface area contributed by atoms with E-state index in [2.05, 4.69) is 5.32 Å². The highest BCUT2D eigenvalue weighted by Gasteiger charge is 2.34. The van der Waals surface area contributed by atoms with Gasteiger partial charge < -0.3 is 10.1 Å². The number of thiazole rings is 1. The summed E-state index contributed by atoms with van der Waals surface area (Å²) in [6.45, 7) is 4.52. The van der Waals surface area contributed by atoms with Gasteiger partial charge in [0.05, 0.1) is 22.5 Å². The Bertz CT molecular complexity index is 1190. The predicted octanol–water partition coefficient (Wildman–Crippen LogP) is 4.66. The van der Waals surface area contributed by atoms with Gasteiger partial charge in [-0.3, -0.25) is 4.79 Å². The normalized spacial score (nSPS) is 15.9. The van der Waals surface area contributed by atoms with Crippen LogP contribution in [0.25, 0.3) is 15.3 Å². The second-order valence-corrected chi connectivity index (χ2v) is 8.01. The molecule has 0 bridgehead atoms. The van der Waals surface area contributed by atoms with E-state index >= 15 is 0 Å². The van der Waals surface area contributed by atoms with E-state index in [4.69, 9.17) is 14.8 Å². The fourth-order valence-electron chi connectivity index (χ4n) is 3.96. The average molecular weight is 404 g/mol. The molecule has 0 saturated carbocycles. The number of aromatic nitrogens is 3. The molecule has 2 aromatic carbocycles. The molecule has 6 nitrogen and oxygen atoms in total. The number of hydrogen-bond donors (Lipinski definition) is 1. The Kier molecular flexibility index (Phi) is 4.32. The van der Waals surface area contributed by atoms with E-state index in [1.807, 2.05) is 62.4 Å². The minimum atomic E-state index is -0.107. The van der Waals surface area contributed by atoms with Gasteiger partial charge in [-0.05, 0) is 32.0 Å². The number of nitrogens with one attached hydrogen (secondary N) is 1. The lowest BCUT2D eigenvalue weighted by atomic mass is 9.85. The second kappa shape index (κ2) is 7.00. The molecule has 7 heteroatoms. The molecule has 146 valence electrons. The van der Waals surface area contributed by atoms with Crippen LogP contribution in [0.4, 0.5) is 5.82 Å². The molecular weight excluding hydrogens is 384 g/mol. The minimum absolute atomic E-state index is 0.0314. The van der Waals surface area contributed by atoms with Crippen LogP contribution in [-0.2, 0) is 4.79 Å². The van der Waals surface area contributed by atoms with E-state index in [0.29, 0.717) is 18.8 Å². The van der Waals surface area contributed by atoms with E-state index in [0.717, 1.165) is 37.9 Å². The zero-order valence-corrected chi connectivity index (χ0v) is 17.0. The molecule has 0 fully saturated rings. The third-order valence-electron chi connectivity index (χ3n) is 5.16. The van der Waals surface area contributed by atoms with Crippen molar-refractivity contribution in [3.63, 3.8) is 0 Å². The standard InChI is InChI=1S/C22H20N4O2S/c1-3-28-17-10-6-4-8-14(17)15-12-19(27)24-21-20(15)13(2)25-26(21)22-23-16-9-5-7-11-18(16)29-22/h4-11,15H,3,12H2,1-2H3,(H,24,27)/t15-/m1/s1. The number of rotatable bonds is 4. The highest BCUT2D eigenvalue weighted by Crippen LogP contribution is 2.43. The molecule has 3 heterocycles. The van der Waals surface area contributed by atoms with Gasteiger partial charge in [-0.1, -0.05) is 41.7 Å². The summed E-state index contributed by atoms with van der Waals surface area (Å²) in [4.78, 5) is 17.4. The molecular formula is C22H20N4O2S. The maximum absolute atomic E-state index is 12.6. The molecule has 5 rings (SSSR count). The molecule has 0 radical (unpaired) electrons. The summed E-state index contributed by atoms with van der Waals surface area (Å²) in [6.07, 6.45) is 0.365. The van der Waals surface area contributed by atoms with Gasteiger partial charge in [0.15, 0.2) is 0 Å². The Morgan fingerprint density at radius 1 is 1.21 bits per heavy atom. The van der Waals surface area contributed by atoms with Crippen molar-refractivity contribution in [1.29, 1.82) is 0 Å². The third kappa shape index (κ3) is 2.98. The minimum Gasteiger partial charge on any atom is -0.494 e. The number of nitrogens with zero attached hydrogens (tertiary/aromatic N) is 3. The van der Waals surface area contributed by atoms with Crippen LogP contribution in [0.1, 0.15) is 36.1 Å². The van der Waals surface area contributed by atoms with Gasteiger partial charge in [0.25, 0.3) is 0 Å². The van der Waals surface area contributed by atoms with Crippen molar-refractivity contribution in [2.45, 2.75) is 26.2 Å². The van der Waals surface area contributed by atoms with Gasteiger partial charge >= 0.3 is 0 Å². The van der Waals surface area contributed by atoms with Crippen molar-refractivity contribution in [3.8, 4) is 10.9 Å². The lowest BCUT2D eigenvalue weighted by molar-refractivity contribution is -0.116. The summed E-state index contributed by atoms with van der Waals surface area (Å²) < 4.78 is 8.70. The molecule has 1 aliphatic heterocycles. The zero-order valence-electron chi connectivity index (χ0n) is 16.2. The topological polar surface area (TPSA) is 69.0 Å². The van der Waals surface area contributed by atoms with Gasteiger partial charge in [0.1, 0.15) is 11.6 Å². The number of benzene rings is 2. The Balaban J connectivity index is 1.67. The van der Waals surface area contributed by atoms with Crippen molar-refractivity contribution in [2.24, 2.45) is 0 Å². The van der Waals surface area contributed by atoms with Gasteiger partial charge in [-0.2, -0.15) is 9.78 Å². The molecule has 29 heavy (non-hydrogen) atoms. The summed E-state index contributed by atoms with van der Waals surface area (Å²) in [7, 11) is 0. The number of ether oxygens (including phenoxy) is 1. The summed E-state index contributed by atoms with van der Waals surface area (Å²) in [5.74, 6) is 1.38. The molecule has 0 aliphatic carbocycles. The first-order valence-corrected chi connectivity index (χ1v) is 10.4. The maximum Gasteiger partial charge on any atom is 0.226 e. The van der Waals surface area contributed by atoms with Crippen LogP contribution in [-0.4, -0.2) is 27.3 Å². The predicted molar refractivity (Wildman–Crippen MR) is 114 cm³/mol. The van der Waals surface area contributed by atoms with Gasteiger partial charge in [-0.25, -0.2) is 4.98 Å². The summed E-state index contributed by atoms with van der Waals surface area (Å²) in [6, 6.07) is 15.9. The first kappa shape index (κ1) is 17.9. The number of amides is 1. The highest BCUT2D eigenvalue weighted by atomic mass is 32.1. The van der Waals surface area contributed by atoms with Crippen molar-refractivity contribution in [1.82, 2.24) is 14.8 Å². The Labute approximate surface area is 172 Å². The van der Waals surface area contributed by atoms with E-state index in [-0.39, 0.29) is 11.8 Å². The zero-order chi connectivity index (χ0) is 20.0. The SMILES string of the molecule is CCOc1ccccc1[C@H]1CC(=O)Nc2c1c(C)nn2-c1nc2ccccc2s1. The molecule has 1 amide bonds. The molecule has 1 atom stereocenters. The number of carbonyl (C=O) groups is 1. The van der Waals surface area contributed by atoms with Gasteiger partial charge in [0.2, 0.25) is 11.0 Å². The van der Waals surface area contributed by atoms with Crippen LogP contribution >= 0.6 is 11.3 Å². The van der Waals surface area contributed by atoms with Gasteiger partial charge in [0, 0.05) is 23.5 Å². The number of para-hydroxylation sites is 2. The number of carbonyl (C=O) groups excluding carboxylic acids is 1. The molecule has 0 spiro atoms. The van der Waals surface area contributed by atoms with Crippen LogP contribution in [0.3, 0.4) is 0 Å². The third-order valence-corrected chi connectivity index (χ3v) is 6.17. The summed E-state index contributed by atoms with van der Waals surface area (Å²) in [5.41, 5.74) is 3.85. The fourth-order valence-corrected chi connectivity index (χ4v) is 4.88. The largest absolute Gasteiger partial charge is 0.494 e. The van der Waals surface area contributed by atoms with E-state index in [9.17, 15) is 4.79 Å². The fraction of sp³-hybridized carbons (Fsp3) is 0.227. The van der Waals surface area contributed by atoms with Crippen molar-refractivity contribution >= 4 is 33.3 Å². The molecule has 2 aromatic heterocycles. The number of fused-ring (bicyclic) bond motifs is 2.